The summed E-state index contributed by atoms with van der Waals surface area (Å²) in [5, 5.41) is 0.613. The number of alkyl halides is 3. The van der Waals surface area contributed by atoms with E-state index in [-0.39, 0.29) is 47.0 Å². The van der Waals surface area contributed by atoms with Crippen LogP contribution in [0.3, 0.4) is 0 Å². The van der Waals surface area contributed by atoms with Gasteiger partial charge in [-0.2, -0.15) is 13.2 Å². The van der Waals surface area contributed by atoms with Crippen LogP contribution in [0.1, 0.15) is 55.7 Å². The van der Waals surface area contributed by atoms with Crippen molar-refractivity contribution in [3.8, 4) is 0 Å². The Morgan fingerprint density at radius 1 is 0.962 bits per heavy atom. The van der Waals surface area contributed by atoms with Crippen molar-refractivity contribution in [1.82, 2.24) is 34.1 Å². The van der Waals surface area contributed by atoms with Crippen LogP contribution in [0.2, 0.25) is 5.02 Å². The zero-order valence-electron chi connectivity index (χ0n) is 29.9. The number of imidazole rings is 1. The van der Waals surface area contributed by atoms with Gasteiger partial charge < -0.3 is 25.4 Å². The monoisotopic (exact) mass is 754 g/mol. The largest absolute Gasteiger partial charge is 0.418 e. The van der Waals surface area contributed by atoms with Crippen molar-refractivity contribution in [3.05, 3.63) is 69.2 Å². The first kappa shape index (κ1) is 37.2. The molecule has 0 saturated carbocycles. The number of likely N-dealkylation sites (tertiary alicyclic amines) is 2. The van der Waals surface area contributed by atoms with E-state index in [1.807, 2.05) is 24.3 Å². The molecule has 3 fully saturated rings. The van der Waals surface area contributed by atoms with Gasteiger partial charge in [0, 0.05) is 63.2 Å². The quantitative estimate of drug-likeness (QED) is 0.250. The van der Waals surface area contributed by atoms with Crippen LogP contribution in [0.5, 0.6) is 0 Å². The van der Waals surface area contributed by atoms with Crippen LogP contribution < -0.4 is 11.4 Å². The SMILES string of the molecule is CN1CCCN(C2CCN(C(=O)[C@H](CC(=O)N3CCC(n4c(=O)[nH]c5c6ccccc6ncc54)CC3)Cc3cc(Cl)c(N)c(C(F)(F)F)c3)CC2)CC1. The number of carbonyl (C=O) groups excluding carboxylic acids is 2. The molecule has 0 bridgehead atoms. The third-order valence-corrected chi connectivity index (χ3v) is 11.8. The van der Waals surface area contributed by atoms with Gasteiger partial charge in [-0.3, -0.25) is 24.0 Å². The van der Waals surface area contributed by atoms with Gasteiger partial charge in [-0.05, 0) is 82.4 Å². The minimum absolute atomic E-state index is 0.0891. The summed E-state index contributed by atoms with van der Waals surface area (Å²) in [6, 6.07) is 10.1. The molecule has 11 nitrogen and oxygen atoms in total. The Morgan fingerprint density at radius 2 is 1.66 bits per heavy atom. The van der Waals surface area contributed by atoms with Crippen LogP contribution in [-0.2, 0) is 22.2 Å². The lowest BCUT2D eigenvalue weighted by Gasteiger charge is -2.39. The average Bonchev–Trinajstić information content (AvgIpc) is 3.33. The summed E-state index contributed by atoms with van der Waals surface area (Å²) in [7, 11) is 2.13. The summed E-state index contributed by atoms with van der Waals surface area (Å²) in [4.78, 5) is 57.1. The number of hydrogen-bond donors (Lipinski definition) is 2. The van der Waals surface area contributed by atoms with E-state index in [0.717, 1.165) is 67.9 Å². The molecule has 0 aliphatic carbocycles. The van der Waals surface area contributed by atoms with E-state index in [0.29, 0.717) is 50.6 Å². The smallest absolute Gasteiger partial charge is 0.397 e. The van der Waals surface area contributed by atoms with Gasteiger partial charge in [0.2, 0.25) is 11.8 Å². The Kier molecular flexibility index (Phi) is 10.7. The van der Waals surface area contributed by atoms with Crippen LogP contribution in [0.15, 0.2) is 47.4 Å². The second-order valence-corrected chi connectivity index (χ2v) is 15.2. The summed E-state index contributed by atoms with van der Waals surface area (Å²) in [5.41, 5.74) is 6.26. The Hall–Kier alpha value is -4.14. The normalized spacial score (nSPS) is 19.6. The number of aromatic amines is 1. The number of rotatable bonds is 7. The molecule has 2 amide bonds. The molecule has 53 heavy (non-hydrogen) atoms. The molecular formula is C38H46ClF3N8O3. The summed E-state index contributed by atoms with van der Waals surface area (Å²) in [6.07, 6.45) is 0.451. The number of likely N-dealkylation sites (N-methyl/N-ethyl adjacent to an activating group) is 1. The van der Waals surface area contributed by atoms with Gasteiger partial charge in [-0.1, -0.05) is 29.8 Å². The van der Waals surface area contributed by atoms with Gasteiger partial charge in [0.15, 0.2) is 0 Å². The minimum Gasteiger partial charge on any atom is -0.397 e. The number of benzene rings is 2. The van der Waals surface area contributed by atoms with E-state index >= 15 is 0 Å². The molecule has 3 saturated heterocycles. The van der Waals surface area contributed by atoms with Crippen molar-refractivity contribution in [2.75, 3.05) is 65.1 Å². The molecule has 284 valence electrons. The van der Waals surface area contributed by atoms with Crippen LogP contribution in [0.25, 0.3) is 21.9 Å². The molecule has 3 aliphatic rings. The van der Waals surface area contributed by atoms with E-state index in [2.05, 4.69) is 26.8 Å². The molecule has 5 heterocycles. The molecule has 7 rings (SSSR count). The number of halogens is 4. The van der Waals surface area contributed by atoms with Crippen molar-refractivity contribution in [2.24, 2.45) is 5.92 Å². The third-order valence-electron chi connectivity index (χ3n) is 11.4. The second kappa shape index (κ2) is 15.3. The van der Waals surface area contributed by atoms with Crippen LogP contribution in [0, 0.1) is 5.92 Å². The fraction of sp³-hybridized carbons (Fsp3) is 0.526. The zero-order chi connectivity index (χ0) is 37.4. The number of amides is 2. The van der Waals surface area contributed by atoms with E-state index in [4.69, 9.17) is 17.3 Å². The summed E-state index contributed by atoms with van der Waals surface area (Å²) in [5.74, 6) is -1.38. The molecule has 3 aliphatic heterocycles. The number of aromatic nitrogens is 3. The molecule has 0 unspecified atom stereocenters. The lowest BCUT2D eigenvalue weighted by Crippen LogP contribution is -2.50. The first-order valence-electron chi connectivity index (χ1n) is 18.5. The maximum absolute atomic E-state index is 14.2. The van der Waals surface area contributed by atoms with Gasteiger partial charge in [0.05, 0.1) is 44.9 Å². The van der Waals surface area contributed by atoms with Crippen molar-refractivity contribution in [2.45, 2.75) is 63.2 Å². The fourth-order valence-corrected chi connectivity index (χ4v) is 8.74. The standard InChI is InChI=1S/C38H46ClF3N8O3/c1-46-11-4-12-47(18-17-46)26-7-15-49(16-8-26)36(52)25(19-24-20-29(38(40,41)42)34(43)30(39)21-24)22-33(51)48-13-9-27(10-14-48)50-32-23-44-31-6-3-2-5-28(31)35(32)45-37(50)53/h2-3,5-6,20-21,23,25-27H,4,7-19,22,43H2,1H3,(H,45,53)/t25-/m0/s1. The molecule has 2 aromatic heterocycles. The topological polar surface area (TPSA) is 124 Å². The highest BCUT2D eigenvalue weighted by Gasteiger charge is 2.37. The number of para-hydroxylation sites is 1. The predicted molar refractivity (Wildman–Crippen MR) is 199 cm³/mol. The Bertz CT molecular complexity index is 2030. The lowest BCUT2D eigenvalue weighted by molar-refractivity contribution is -0.143. The summed E-state index contributed by atoms with van der Waals surface area (Å²) < 4.78 is 43.4. The molecule has 2 aromatic carbocycles. The third kappa shape index (κ3) is 7.90. The Balaban J connectivity index is 1.06. The first-order valence-corrected chi connectivity index (χ1v) is 18.9. The molecule has 0 radical (unpaired) electrons. The number of nitrogens with one attached hydrogen (secondary N) is 1. The second-order valence-electron chi connectivity index (χ2n) is 14.8. The van der Waals surface area contributed by atoms with Gasteiger partial charge in [-0.25, -0.2) is 4.79 Å². The van der Waals surface area contributed by atoms with Gasteiger partial charge in [-0.15, -0.1) is 0 Å². The van der Waals surface area contributed by atoms with Gasteiger partial charge >= 0.3 is 11.9 Å². The van der Waals surface area contributed by atoms with Crippen LogP contribution >= 0.6 is 11.6 Å². The van der Waals surface area contributed by atoms with Crippen LogP contribution in [0.4, 0.5) is 18.9 Å². The Morgan fingerprint density at radius 3 is 2.40 bits per heavy atom. The van der Waals surface area contributed by atoms with Gasteiger partial charge in [0.1, 0.15) is 0 Å². The lowest BCUT2D eigenvalue weighted by atomic mass is 9.91. The number of nitrogens with zero attached hydrogens (tertiary/aromatic N) is 6. The Labute approximate surface area is 310 Å². The number of hydrogen-bond acceptors (Lipinski definition) is 7. The van der Waals surface area contributed by atoms with Crippen molar-refractivity contribution >= 4 is 51.0 Å². The predicted octanol–water partition coefficient (Wildman–Crippen LogP) is 5.17. The molecule has 1 atom stereocenters. The number of pyridine rings is 1. The zero-order valence-corrected chi connectivity index (χ0v) is 30.6. The van der Waals surface area contributed by atoms with E-state index in [1.165, 1.54) is 6.07 Å². The molecule has 4 aromatic rings. The highest BCUT2D eigenvalue weighted by atomic mass is 35.5. The number of nitrogens with two attached hydrogens (primary N) is 1. The van der Waals surface area contributed by atoms with E-state index in [1.54, 1.807) is 20.6 Å². The average molecular weight is 755 g/mol. The van der Waals surface area contributed by atoms with E-state index < -0.39 is 23.3 Å². The highest BCUT2D eigenvalue weighted by molar-refractivity contribution is 6.33. The maximum Gasteiger partial charge on any atom is 0.418 e. The number of piperidine rings is 2. The number of fused-ring (bicyclic) bond motifs is 3. The number of anilines is 1. The molecule has 3 N–H and O–H groups in total. The summed E-state index contributed by atoms with van der Waals surface area (Å²) in [6.45, 7) is 5.82. The van der Waals surface area contributed by atoms with Crippen molar-refractivity contribution < 1.29 is 22.8 Å². The van der Waals surface area contributed by atoms with Gasteiger partial charge in [0.25, 0.3) is 0 Å². The number of carbonyl (C=O) groups is 2. The van der Waals surface area contributed by atoms with Crippen LogP contribution in [-0.4, -0.2) is 111 Å². The van der Waals surface area contributed by atoms with Crippen molar-refractivity contribution in [1.29, 1.82) is 0 Å². The highest BCUT2D eigenvalue weighted by Crippen LogP contribution is 2.39. The van der Waals surface area contributed by atoms with Crippen molar-refractivity contribution in [3.63, 3.8) is 0 Å². The molecular weight excluding hydrogens is 709 g/mol. The minimum atomic E-state index is -4.73. The molecule has 0 spiro atoms. The maximum atomic E-state index is 14.2. The van der Waals surface area contributed by atoms with E-state index in [9.17, 15) is 27.6 Å². The fourth-order valence-electron chi connectivity index (χ4n) is 8.50. The summed E-state index contributed by atoms with van der Waals surface area (Å²) >= 11 is 6.17. The number of H-pyrrole nitrogens is 1. The number of nitrogen functional groups attached to an aromatic ring is 1. The molecule has 15 heteroatoms. The first-order chi connectivity index (χ1) is 25.4.